The number of halogens is 1. The van der Waals surface area contributed by atoms with Crippen LogP contribution in [0.2, 0.25) is 5.02 Å². The van der Waals surface area contributed by atoms with Crippen LogP contribution in [-0.2, 0) is 9.47 Å². The lowest BCUT2D eigenvalue weighted by Crippen LogP contribution is -2.36. The number of ether oxygens (including phenoxy) is 2. The van der Waals surface area contributed by atoms with Crippen LogP contribution in [0.15, 0.2) is 24.3 Å². The van der Waals surface area contributed by atoms with Crippen LogP contribution in [0.3, 0.4) is 0 Å². The number of hydrogen-bond acceptors (Lipinski definition) is 5. The molecule has 0 spiro atoms. The third kappa shape index (κ3) is 4.77. The van der Waals surface area contributed by atoms with Crippen molar-refractivity contribution in [2.75, 3.05) is 40.5 Å². The summed E-state index contributed by atoms with van der Waals surface area (Å²) in [5, 5.41) is 1.44. The van der Waals surface area contributed by atoms with E-state index in [0.29, 0.717) is 36.2 Å². The summed E-state index contributed by atoms with van der Waals surface area (Å²) in [6.45, 7) is 3.84. The lowest BCUT2D eigenvalue weighted by atomic mass is 10.2. The van der Waals surface area contributed by atoms with Gasteiger partial charge in [-0.05, 0) is 19.1 Å². The summed E-state index contributed by atoms with van der Waals surface area (Å²) in [6.07, 6.45) is 0. The molecule has 130 valence electrons. The van der Waals surface area contributed by atoms with Crippen LogP contribution in [0, 0.1) is 6.92 Å². The molecule has 1 amide bonds. The molecule has 0 fully saturated rings. The Morgan fingerprint density at radius 2 is 1.92 bits per heavy atom. The second-order valence-electron chi connectivity index (χ2n) is 5.22. The van der Waals surface area contributed by atoms with Gasteiger partial charge in [-0.1, -0.05) is 23.7 Å². The summed E-state index contributed by atoms with van der Waals surface area (Å²) < 4.78 is 10.2. The van der Waals surface area contributed by atoms with Crippen molar-refractivity contribution < 1.29 is 14.3 Å². The predicted octanol–water partition coefficient (Wildman–Crippen LogP) is 3.51. The molecule has 0 bridgehead atoms. The first-order chi connectivity index (χ1) is 11.6. The summed E-state index contributed by atoms with van der Waals surface area (Å²) >= 11 is 7.42. The van der Waals surface area contributed by atoms with Gasteiger partial charge in [0.05, 0.1) is 18.9 Å². The molecule has 24 heavy (non-hydrogen) atoms. The summed E-state index contributed by atoms with van der Waals surface area (Å²) in [7, 11) is 3.24. The van der Waals surface area contributed by atoms with Gasteiger partial charge < -0.3 is 14.4 Å². The number of aryl methyl sites for hydroxylation is 1. The van der Waals surface area contributed by atoms with Gasteiger partial charge in [-0.2, -0.15) is 0 Å². The van der Waals surface area contributed by atoms with Crippen molar-refractivity contribution in [3.63, 3.8) is 0 Å². The highest BCUT2D eigenvalue weighted by atomic mass is 35.5. The number of thiazole rings is 1. The van der Waals surface area contributed by atoms with Crippen molar-refractivity contribution >= 4 is 28.8 Å². The maximum Gasteiger partial charge on any atom is 0.266 e. The molecule has 0 aliphatic rings. The van der Waals surface area contributed by atoms with Crippen LogP contribution in [0.5, 0.6) is 0 Å². The first-order valence-electron chi connectivity index (χ1n) is 7.57. The third-order valence-electron chi connectivity index (χ3n) is 3.48. The maximum atomic E-state index is 12.8. The largest absolute Gasteiger partial charge is 0.383 e. The zero-order valence-corrected chi connectivity index (χ0v) is 15.6. The molecule has 0 aliphatic heterocycles. The Hall–Kier alpha value is -1.47. The van der Waals surface area contributed by atoms with Gasteiger partial charge in [0.15, 0.2) is 0 Å². The lowest BCUT2D eigenvalue weighted by Gasteiger charge is -2.21. The molecule has 0 atom stereocenters. The molecule has 0 unspecified atom stereocenters. The van der Waals surface area contributed by atoms with Gasteiger partial charge in [0, 0.05) is 37.9 Å². The molecule has 0 saturated carbocycles. The number of benzene rings is 1. The topological polar surface area (TPSA) is 51.7 Å². The van der Waals surface area contributed by atoms with Gasteiger partial charge in [-0.25, -0.2) is 4.98 Å². The quantitative estimate of drug-likeness (QED) is 0.715. The fourth-order valence-electron chi connectivity index (χ4n) is 2.20. The Morgan fingerprint density at radius 1 is 1.25 bits per heavy atom. The fourth-order valence-corrected chi connectivity index (χ4v) is 3.42. The van der Waals surface area contributed by atoms with E-state index in [1.54, 1.807) is 19.1 Å². The van der Waals surface area contributed by atoms with Crippen molar-refractivity contribution in [1.82, 2.24) is 9.88 Å². The number of rotatable bonds is 8. The summed E-state index contributed by atoms with van der Waals surface area (Å²) in [5.74, 6) is -0.0487. The molecule has 0 aliphatic carbocycles. The van der Waals surface area contributed by atoms with E-state index in [1.165, 1.54) is 11.3 Å². The number of nitrogens with zero attached hydrogens (tertiary/aromatic N) is 2. The average molecular weight is 369 g/mol. The molecule has 2 rings (SSSR count). The zero-order valence-electron chi connectivity index (χ0n) is 14.0. The lowest BCUT2D eigenvalue weighted by molar-refractivity contribution is 0.0631. The Morgan fingerprint density at radius 3 is 2.50 bits per heavy atom. The molecule has 7 heteroatoms. The third-order valence-corrected chi connectivity index (χ3v) is 4.91. The van der Waals surface area contributed by atoms with E-state index in [4.69, 9.17) is 21.1 Å². The number of aromatic nitrogens is 1. The Bertz CT molecular complexity index is 682. The highest BCUT2D eigenvalue weighted by Crippen LogP contribution is 2.30. The number of carbonyl (C=O) groups excluding carboxylic acids is 1. The van der Waals surface area contributed by atoms with E-state index in [2.05, 4.69) is 4.98 Å². The van der Waals surface area contributed by atoms with Crippen molar-refractivity contribution in [2.45, 2.75) is 6.92 Å². The maximum absolute atomic E-state index is 12.8. The number of methoxy groups -OCH3 is 2. The molecule has 0 N–H and O–H groups in total. The van der Waals surface area contributed by atoms with Gasteiger partial charge in [0.2, 0.25) is 0 Å². The second kappa shape index (κ2) is 9.13. The highest BCUT2D eigenvalue weighted by molar-refractivity contribution is 7.17. The summed E-state index contributed by atoms with van der Waals surface area (Å²) in [5.41, 5.74) is 1.63. The molecule has 1 aromatic carbocycles. The first kappa shape index (κ1) is 18.9. The van der Waals surface area contributed by atoms with Crippen molar-refractivity contribution in [3.8, 4) is 10.6 Å². The van der Waals surface area contributed by atoms with E-state index in [1.807, 2.05) is 31.2 Å². The van der Waals surface area contributed by atoms with E-state index < -0.39 is 0 Å². The van der Waals surface area contributed by atoms with E-state index in [9.17, 15) is 4.79 Å². The number of carbonyl (C=O) groups is 1. The second-order valence-corrected chi connectivity index (χ2v) is 6.66. The van der Waals surface area contributed by atoms with Crippen LogP contribution in [0.1, 0.15) is 15.4 Å². The van der Waals surface area contributed by atoms with Gasteiger partial charge in [-0.15, -0.1) is 11.3 Å². The van der Waals surface area contributed by atoms with Gasteiger partial charge >= 0.3 is 0 Å². The smallest absolute Gasteiger partial charge is 0.266 e. The first-order valence-corrected chi connectivity index (χ1v) is 8.76. The molecular weight excluding hydrogens is 348 g/mol. The van der Waals surface area contributed by atoms with Crippen LogP contribution in [0.4, 0.5) is 0 Å². The van der Waals surface area contributed by atoms with Gasteiger partial charge in [-0.3, -0.25) is 4.79 Å². The average Bonchev–Trinajstić information content (AvgIpc) is 2.96. The molecule has 1 heterocycles. The Kier molecular flexibility index (Phi) is 7.17. The Labute approximate surface area is 151 Å². The standard InChI is InChI=1S/C17H21ClN2O3S/c1-12-15(17(21)20(7-9-22-2)8-10-23-3)24-16(19-12)13-5-4-6-14(18)11-13/h4-6,11H,7-10H2,1-3H3. The minimum Gasteiger partial charge on any atom is -0.383 e. The van der Waals surface area contributed by atoms with Crippen molar-refractivity contribution in [1.29, 1.82) is 0 Å². The Balaban J connectivity index is 2.24. The number of amides is 1. The number of hydrogen-bond donors (Lipinski definition) is 0. The van der Waals surface area contributed by atoms with E-state index in [0.717, 1.165) is 16.3 Å². The zero-order chi connectivity index (χ0) is 17.5. The van der Waals surface area contributed by atoms with E-state index in [-0.39, 0.29) is 5.91 Å². The molecule has 2 aromatic rings. The van der Waals surface area contributed by atoms with Crippen LogP contribution < -0.4 is 0 Å². The fraction of sp³-hybridized carbons (Fsp3) is 0.412. The summed E-state index contributed by atoms with van der Waals surface area (Å²) in [6, 6.07) is 7.47. The van der Waals surface area contributed by atoms with Gasteiger partial charge in [0.25, 0.3) is 5.91 Å². The monoisotopic (exact) mass is 368 g/mol. The highest BCUT2D eigenvalue weighted by Gasteiger charge is 2.21. The van der Waals surface area contributed by atoms with Crippen molar-refractivity contribution in [3.05, 3.63) is 39.9 Å². The minimum atomic E-state index is -0.0487. The van der Waals surface area contributed by atoms with Crippen LogP contribution >= 0.6 is 22.9 Å². The minimum absolute atomic E-state index is 0.0487. The van der Waals surface area contributed by atoms with Crippen molar-refractivity contribution in [2.24, 2.45) is 0 Å². The predicted molar refractivity (Wildman–Crippen MR) is 97.0 cm³/mol. The van der Waals surface area contributed by atoms with Gasteiger partial charge in [0.1, 0.15) is 9.88 Å². The molecule has 0 saturated heterocycles. The molecule has 1 aromatic heterocycles. The molecule has 5 nitrogen and oxygen atoms in total. The SMILES string of the molecule is COCCN(CCOC)C(=O)c1sc(-c2cccc(Cl)c2)nc1C. The van der Waals surface area contributed by atoms with E-state index >= 15 is 0 Å². The van der Waals surface area contributed by atoms with Crippen LogP contribution in [-0.4, -0.2) is 56.3 Å². The summed E-state index contributed by atoms with van der Waals surface area (Å²) in [4.78, 5) is 19.8. The molecule has 0 radical (unpaired) electrons. The molecular formula is C17H21ClN2O3S. The van der Waals surface area contributed by atoms with Crippen LogP contribution in [0.25, 0.3) is 10.6 Å². The normalized spacial score (nSPS) is 10.8.